The molecule has 4 rings (SSSR count). The second-order valence-electron chi connectivity index (χ2n) is 6.76. The molecule has 7 heteroatoms. The predicted octanol–water partition coefficient (Wildman–Crippen LogP) is 2.81. The van der Waals surface area contributed by atoms with Crippen molar-refractivity contribution in [2.24, 2.45) is 9.98 Å². The van der Waals surface area contributed by atoms with E-state index in [0.29, 0.717) is 0 Å². The van der Waals surface area contributed by atoms with E-state index in [-0.39, 0.29) is 6.03 Å². The van der Waals surface area contributed by atoms with Crippen LogP contribution in [0.5, 0.6) is 0 Å². The summed E-state index contributed by atoms with van der Waals surface area (Å²) in [4.78, 5) is 21.4. The minimum Gasteiger partial charge on any atom is -0.370 e. The van der Waals surface area contributed by atoms with Crippen LogP contribution in [0.15, 0.2) is 58.5 Å². The number of anilines is 2. The Balaban J connectivity index is 1.42. The standard InChI is InChI=1S/C21H24N6O/c28-21(26-17-7-1-5-15(13-17)19-22-9-3-10-23-19)27-18-8-2-6-16(14-18)20-24-11-4-12-25-20/h1-2,5-8,13-14H,3-4,9-12H2,(H,22,23)(H,24,25)(H2,26,27,28). The van der Waals surface area contributed by atoms with Crippen LogP contribution in [0.25, 0.3) is 0 Å². The highest BCUT2D eigenvalue weighted by atomic mass is 16.2. The van der Waals surface area contributed by atoms with Crippen molar-refractivity contribution in [1.29, 1.82) is 0 Å². The zero-order valence-electron chi connectivity index (χ0n) is 15.7. The SMILES string of the molecule is O=C(Nc1cccc(C2=NCCCN2)c1)Nc1cccc(C2=NCCCN2)c1. The van der Waals surface area contributed by atoms with E-state index in [9.17, 15) is 4.79 Å². The normalized spacial score (nSPS) is 16.1. The van der Waals surface area contributed by atoms with Crippen molar-refractivity contribution in [2.45, 2.75) is 12.8 Å². The number of urea groups is 1. The summed E-state index contributed by atoms with van der Waals surface area (Å²) >= 11 is 0. The molecule has 0 saturated heterocycles. The van der Waals surface area contributed by atoms with Gasteiger partial charge in [0.05, 0.1) is 0 Å². The predicted molar refractivity (Wildman–Crippen MR) is 114 cm³/mol. The fourth-order valence-electron chi connectivity index (χ4n) is 3.23. The Kier molecular flexibility index (Phi) is 5.51. The summed E-state index contributed by atoms with van der Waals surface area (Å²) in [5.41, 5.74) is 3.39. The van der Waals surface area contributed by atoms with E-state index in [1.165, 1.54) is 0 Å². The molecule has 2 aromatic carbocycles. The molecule has 0 bridgehead atoms. The first-order chi connectivity index (χ1) is 13.8. The Labute approximate surface area is 164 Å². The summed E-state index contributed by atoms with van der Waals surface area (Å²) in [6.07, 6.45) is 2.09. The van der Waals surface area contributed by atoms with Gasteiger partial charge in [0.1, 0.15) is 11.7 Å². The van der Waals surface area contributed by atoms with Gasteiger partial charge in [-0.3, -0.25) is 9.98 Å². The van der Waals surface area contributed by atoms with Crippen molar-refractivity contribution >= 4 is 29.1 Å². The Hall–Kier alpha value is -3.35. The van der Waals surface area contributed by atoms with Crippen molar-refractivity contribution < 1.29 is 4.79 Å². The van der Waals surface area contributed by atoms with Crippen molar-refractivity contribution in [1.82, 2.24) is 10.6 Å². The van der Waals surface area contributed by atoms with Crippen molar-refractivity contribution in [3.05, 3.63) is 59.7 Å². The van der Waals surface area contributed by atoms with Gasteiger partial charge in [0.25, 0.3) is 0 Å². The first-order valence-electron chi connectivity index (χ1n) is 9.63. The minimum atomic E-state index is -0.286. The summed E-state index contributed by atoms with van der Waals surface area (Å²) in [7, 11) is 0. The molecule has 2 aromatic rings. The van der Waals surface area contributed by atoms with Crippen LogP contribution in [0, 0.1) is 0 Å². The summed E-state index contributed by atoms with van der Waals surface area (Å²) in [6.45, 7) is 3.51. The zero-order valence-corrected chi connectivity index (χ0v) is 15.7. The topological polar surface area (TPSA) is 89.9 Å². The molecule has 2 heterocycles. The van der Waals surface area contributed by atoms with Gasteiger partial charge in [-0.15, -0.1) is 0 Å². The molecule has 0 spiro atoms. The fourth-order valence-corrected chi connectivity index (χ4v) is 3.23. The van der Waals surface area contributed by atoms with Crippen LogP contribution in [0.1, 0.15) is 24.0 Å². The number of aliphatic imine (C=N–C) groups is 2. The van der Waals surface area contributed by atoms with Gasteiger partial charge in [0.2, 0.25) is 0 Å². The summed E-state index contributed by atoms with van der Waals surface area (Å²) in [5, 5.41) is 12.4. The Morgan fingerprint density at radius 2 is 1.29 bits per heavy atom. The van der Waals surface area contributed by atoms with Crippen LogP contribution in [0.2, 0.25) is 0 Å². The monoisotopic (exact) mass is 376 g/mol. The first-order valence-corrected chi connectivity index (χ1v) is 9.63. The quantitative estimate of drug-likeness (QED) is 0.661. The second-order valence-corrected chi connectivity index (χ2v) is 6.76. The fraction of sp³-hybridized carbons (Fsp3) is 0.286. The van der Waals surface area contributed by atoms with Gasteiger partial charge in [-0.25, -0.2) is 4.79 Å². The largest absolute Gasteiger partial charge is 0.370 e. The number of rotatable bonds is 4. The van der Waals surface area contributed by atoms with Crippen molar-refractivity contribution in [3.8, 4) is 0 Å². The minimum absolute atomic E-state index is 0.286. The molecular weight excluding hydrogens is 352 g/mol. The smallest absolute Gasteiger partial charge is 0.323 e. The third-order valence-electron chi connectivity index (χ3n) is 4.58. The summed E-state index contributed by atoms with van der Waals surface area (Å²) in [6, 6.07) is 15.1. The van der Waals surface area contributed by atoms with Gasteiger partial charge in [-0.1, -0.05) is 24.3 Å². The average molecular weight is 376 g/mol. The number of nitrogens with zero attached hydrogens (tertiary/aromatic N) is 2. The van der Waals surface area contributed by atoms with Crippen LogP contribution >= 0.6 is 0 Å². The lowest BCUT2D eigenvalue weighted by atomic mass is 10.1. The molecule has 144 valence electrons. The third-order valence-corrected chi connectivity index (χ3v) is 4.58. The van der Waals surface area contributed by atoms with Crippen LogP contribution in [0.3, 0.4) is 0 Å². The number of carbonyl (C=O) groups excluding carboxylic acids is 1. The van der Waals surface area contributed by atoms with Crippen LogP contribution in [-0.2, 0) is 0 Å². The molecular formula is C21H24N6O. The molecule has 2 aliphatic rings. The van der Waals surface area contributed by atoms with E-state index in [4.69, 9.17) is 0 Å². The van der Waals surface area contributed by atoms with E-state index >= 15 is 0 Å². The van der Waals surface area contributed by atoms with Crippen molar-refractivity contribution in [3.63, 3.8) is 0 Å². The summed E-state index contributed by atoms with van der Waals surface area (Å²) in [5.74, 6) is 1.76. The number of hydrogen-bond acceptors (Lipinski definition) is 5. The van der Waals surface area contributed by atoms with E-state index in [2.05, 4.69) is 31.3 Å². The highest BCUT2D eigenvalue weighted by Crippen LogP contribution is 2.15. The lowest BCUT2D eigenvalue weighted by Crippen LogP contribution is -2.30. The van der Waals surface area contributed by atoms with E-state index in [0.717, 1.165) is 73.2 Å². The van der Waals surface area contributed by atoms with Gasteiger partial charge >= 0.3 is 6.03 Å². The second kappa shape index (κ2) is 8.56. The number of hydrogen-bond donors (Lipinski definition) is 4. The van der Waals surface area contributed by atoms with E-state index < -0.39 is 0 Å². The maximum Gasteiger partial charge on any atom is 0.323 e. The molecule has 0 aromatic heterocycles. The lowest BCUT2D eigenvalue weighted by molar-refractivity contribution is 0.262. The molecule has 4 N–H and O–H groups in total. The highest BCUT2D eigenvalue weighted by Gasteiger charge is 2.10. The van der Waals surface area contributed by atoms with E-state index in [1.54, 1.807) is 0 Å². The maximum atomic E-state index is 12.4. The maximum absolute atomic E-state index is 12.4. The number of amides is 2. The Morgan fingerprint density at radius 3 is 1.71 bits per heavy atom. The van der Waals surface area contributed by atoms with Crippen LogP contribution < -0.4 is 21.3 Å². The summed E-state index contributed by atoms with van der Waals surface area (Å²) < 4.78 is 0. The molecule has 2 amide bonds. The number of nitrogens with one attached hydrogen (secondary N) is 4. The van der Waals surface area contributed by atoms with Crippen LogP contribution in [0.4, 0.5) is 16.2 Å². The van der Waals surface area contributed by atoms with Gasteiger partial charge in [-0.05, 0) is 37.1 Å². The number of amidine groups is 2. The molecule has 2 aliphatic heterocycles. The van der Waals surface area contributed by atoms with Gasteiger partial charge in [0, 0.05) is 48.7 Å². The molecule has 0 unspecified atom stereocenters. The van der Waals surface area contributed by atoms with Gasteiger partial charge < -0.3 is 21.3 Å². The lowest BCUT2D eigenvalue weighted by Gasteiger charge is -2.16. The Morgan fingerprint density at radius 1 is 0.786 bits per heavy atom. The van der Waals surface area contributed by atoms with Crippen molar-refractivity contribution in [2.75, 3.05) is 36.8 Å². The van der Waals surface area contributed by atoms with E-state index in [1.807, 2.05) is 48.5 Å². The molecule has 0 aliphatic carbocycles. The zero-order chi connectivity index (χ0) is 19.2. The molecule has 7 nitrogen and oxygen atoms in total. The third kappa shape index (κ3) is 4.49. The number of benzene rings is 2. The van der Waals surface area contributed by atoms with Gasteiger partial charge in [0.15, 0.2) is 0 Å². The molecule has 28 heavy (non-hydrogen) atoms. The average Bonchev–Trinajstić information content (AvgIpc) is 2.75. The molecule has 0 fully saturated rings. The highest BCUT2D eigenvalue weighted by molar-refractivity contribution is 6.04. The molecule has 0 saturated carbocycles. The van der Waals surface area contributed by atoms with Gasteiger partial charge in [-0.2, -0.15) is 0 Å². The molecule has 0 atom stereocenters. The Bertz CT molecular complexity index is 847. The van der Waals surface area contributed by atoms with Crippen LogP contribution in [-0.4, -0.2) is 43.9 Å². The number of carbonyl (C=O) groups is 1. The first kappa shape index (κ1) is 18.0. The molecule has 0 radical (unpaired) electrons.